The van der Waals surface area contributed by atoms with E-state index in [4.69, 9.17) is 9.47 Å². The Kier molecular flexibility index (Phi) is 11.1. The van der Waals surface area contributed by atoms with Crippen LogP contribution in [0.15, 0.2) is 36.5 Å². The van der Waals surface area contributed by atoms with Gasteiger partial charge in [0.25, 0.3) is 0 Å². The van der Waals surface area contributed by atoms with Crippen LogP contribution in [0.4, 0.5) is 48.6 Å². The summed E-state index contributed by atoms with van der Waals surface area (Å²) in [7, 11) is 2.77. The van der Waals surface area contributed by atoms with Crippen molar-refractivity contribution in [2.45, 2.75) is 57.7 Å². The molecule has 0 spiro atoms. The fraction of sp³-hybridized carbons (Fsp3) is 0.452. The lowest BCUT2D eigenvalue weighted by atomic mass is 9.92. The van der Waals surface area contributed by atoms with Crippen LogP contribution < -0.4 is 19.4 Å². The first kappa shape index (κ1) is 37.0. The van der Waals surface area contributed by atoms with Crippen molar-refractivity contribution in [3.8, 4) is 5.88 Å². The molecule has 1 aromatic carbocycles. The topological polar surface area (TPSA) is 141 Å². The normalized spacial score (nSPS) is 16.2. The lowest BCUT2D eigenvalue weighted by Crippen LogP contribution is -2.48. The number of fused-ring (bicyclic) bond motifs is 1. The number of hydrogen-bond donors (Lipinski definition) is 2. The van der Waals surface area contributed by atoms with E-state index in [0.29, 0.717) is 18.6 Å². The molecule has 0 fully saturated rings. The van der Waals surface area contributed by atoms with Crippen LogP contribution in [0.2, 0.25) is 0 Å². The van der Waals surface area contributed by atoms with E-state index in [-0.39, 0.29) is 60.2 Å². The molecule has 49 heavy (non-hydrogen) atoms. The van der Waals surface area contributed by atoms with Gasteiger partial charge in [0.05, 0.1) is 48.9 Å². The van der Waals surface area contributed by atoms with Gasteiger partial charge < -0.3 is 29.5 Å². The number of aromatic nitrogens is 3. The number of anilines is 3. The van der Waals surface area contributed by atoms with E-state index in [1.165, 1.54) is 41.0 Å². The van der Waals surface area contributed by atoms with Gasteiger partial charge in [-0.3, -0.25) is 4.90 Å². The monoisotopic (exact) mass is 700 g/mol. The molecule has 2 atom stereocenters. The van der Waals surface area contributed by atoms with Crippen molar-refractivity contribution < 1.29 is 55.6 Å². The number of benzene rings is 1. The number of pyridine rings is 1. The highest BCUT2D eigenvalue weighted by atomic mass is 19.4. The molecule has 1 aliphatic heterocycles. The molecule has 1 aliphatic rings. The molecule has 1 amide bonds. The van der Waals surface area contributed by atoms with Gasteiger partial charge in [0, 0.05) is 38.4 Å². The minimum Gasteiger partial charge on any atom is -0.481 e. The Hall–Kier alpha value is -4.87. The van der Waals surface area contributed by atoms with Crippen LogP contribution in [0.1, 0.15) is 65.5 Å². The summed E-state index contributed by atoms with van der Waals surface area (Å²) in [6.07, 6.45) is -9.62. The van der Waals surface area contributed by atoms with Crippen LogP contribution >= 0.6 is 0 Å². The minimum atomic E-state index is -5.12. The second-order valence-electron chi connectivity index (χ2n) is 11.0. The molecule has 0 saturated carbocycles. The third-order valence-electron chi connectivity index (χ3n) is 7.87. The lowest BCUT2D eigenvalue weighted by molar-refractivity contribution is -0.143. The number of carbonyl (C=O) groups excluding carboxylic acids is 1. The maximum absolute atomic E-state index is 13.9. The van der Waals surface area contributed by atoms with E-state index in [1.54, 1.807) is 13.8 Å². The van der Waals surface area contributed by atoms with Crippen LogP contribution in [0, 0.1) is 0 Å². The smallest absolute Gasteiger partial charge is 0.416 e. The highest BCUT2D eigenvalue weighted by Crippen LogP contribution is 2.44. The SMILES string of the molecule is CCOC(=O)N1c2ccc(OC)nc2[C@@H](N(Cc2cc(C(F)(F)F)cc(C(F)(F)F)c2)c2ncc(C(=O)O)c(N(C)CCO)n2)C[C@H]1CC. The maximum Gasteiger partial charge on any atom is 0.416 e. The zero-order chi connectivity index (χ0) is 36.3. The summed E-state index contributed by atoms with van der Waals surface area (Å²) in [5.41, 5.74) is -3.47. The van der Waals surface area contributed by atoms with E-state index < -0.39 is 66.3 Å². The highest BCUT2D eigenvalue weighted by Gasteiger charge is 2.42. The number of aliphatic hydroxyl groups excluding tert-OH is 1. The standard InChI is InChI=1S/C31H34F6N6O6/c1-5-20-14-23(25-22(7-8-24(39-25)48-4)43(20)29(47)49-6-2)42(28-38-15-21(27(45)46)26(40-28)41(3)9-10-44)16-17-11-18(30(32,33)34)13-19(12-17)31(35,36)37/h7-8,11-13,15,20,23,44H,5-6,9-10,14,16H2,1-4H3,(H,45,46)/t20-,23+/m1/s1. The lowest BCUT2D eigenvalue weighted by Gasteiger charge is -2.43. The van der Waals surface area contributed by atoms with Crippen LogP contribution in [-0.4, -0.2) is 77.2 Å². The summed E-state index contributed by atoms with van der Waals surface area (Å²) in [5.74, 6) is -1.77. The van der Waals surface area contributed by atoms with Gasteiger partial charge in [0.1, 0.15) is 11.4 Å². The van der Waals surface area contributed by atoms with Gasteiger partial charge in [-0.1, -0.05) is 6.92 Å². The average Bonchev–Trinajstić information content (AvgIpc) is 3.05. The molecular formula is C31H34F6N6O6. The molecule has 2 aromatic heterocycles. The van der Waals surface area contributed by atoms with Crippen molar-refractivity contribution >= 4 is 29.5 Å². The zero-order valence-electron chi connectivity index (χ0n) is 26.8. The number of nitrogens with zero attached hydrogens (tertiary/aromatic N) is 6. The zero-order valence-corrected chi connectivity index (χ0v) is 26.8. The Labute approximate surface area is 276 Å². The average molecular weight is 701 g/mol. The van der Waals surface area contributed by atoms with Gasteiger partial charge in [-0.2, -0.15) is 31.3 Å². The molecule has 266 valence electrons. The number of amides is 1. The van der Waals surface area contributed by atoms with E-state index in [2.05, 4.69) is 15.0 Å². The van der Waals surface area contributed by atoms with E-state index in [9.17, 15) is 46.1 Å². The summed E-state index contributed by atoms with van der Waals surface area (Å²) >= 11 is 0. The molecule has 0 unspecified atom stereocenters. The molecule has 2 N–H and O–H groups in total. The Bertz CT molecular complexity index is 1640. The number of rotatable bonds is 11. The van der Waals surface area contributed by atoms with Gasteiger partial charge in [0.2, 0.25) is 11.8 Å². The quantitative estimate of drug-likeness (QED) is 0.230. The minimum absolute atomic E-state index is 0.0145. The highest BCUT2D eigenvalue weighted by molar-refractivity contribution is 5.93. The molecular weight excluding hydrogens is 666 g/mol. The number of ether oxygens (including phenoxy) is 2. The van der Waals surface area contributed by atoms with Gasteiger partial charge in [-0.05, 0) is 49.6 Å². The summed E-state index contributed by atoms with van der Waals surface area (Å²) in [5, 5.41) is 19.3. The Morgan fingerprint density at radius 2 is 1.69 bits per heavy atom. The maximum atomic E-state index is 13.9. The second kappa shape index (κ2) is 14.7. The number of hydrogen-bond acceptors (Lipinski definition) is 10. The number of aromatic carboxylic acids is 1. The van der Waals surface area contributed by atoms with Gasteiger partial charge >= 0.3 is 24.4 Å². The number of alkyl halides is 6. The molecule has 0 saturated heterocycles. The van der Waals surface area contributed by atoms with Crippen molar-refractivity contribution in [2.24, 2.45) is 0 Å². The number of carbonyl (C=O) groups is 2. The molecule has 0 bridgehead atoms. The van der Waals surface area contributed by atoms with Crippen molar-refractivity contribution in [2.75, 3.05) is 48.6 Å². The molecule has 0 aliphatic carbocycles. The fourth-order valence-electron chi connectivity index (χ4n) is 5.58. The van der Waals surface area contributed by atoms with Gasteiger partial charge in [0.15, 0.2) is 0 Å². The third-order valence-corrected chi connectivity index (χ3v) is 7.87. The second-order valence-corrected chi connectivity index (χ2v) is 11.0. The van der Waals surface area contributed by atoms with Crippen molar-refractivity contribution in [3.05, 3.63) is 64.5 Å². The molecule has 3 heterocycles. The summed E-state index contributed by atoms with van der Waals surface area (Å²) in [6.45, 7) is 2.34. The largest absolute Gasteiger partial charge is 0.481 e. The van der Waals surface area contributed by atoms with Crippen LogP contribution in [0.5, 0.6) is 5.88 Å². The first-order valence-electron chi connectivity index (χ1n) is 15.0. The van der Waals surface area contributed by atoms with Gasteiger partial charge in [-0.15, -0.1) is 0 Å². The number of likely N-dealkylation sites (N-methyl/N-ethyl adjacent to an activating group) is 1. The van der Waals surface area contributed by atoms with Crippen molar-refractivity contribution in [3.63, 3.8) is 0 Å². The first-order valence-corrected chi connectivity index (χ1v) is 15.0. The first-order chi connectivity index (χ1) is 23.0. The van der Waals surface area contributed by atoms with E-state index in [1.807, 2.05) is 0 Å². The van der Waals surface area contributed by atoms with Crippen molar-refractivity contribution in [1.82, 2.24) is 15.0 Å². The number of halogens is 6. The molecule has 0 radical (unpaired) electrons. The number of aliphatic hydroxyl groups is 1. The number of methoxy groups -OCH3 is 1. The molecule has 4 rings (SSSR count). The molecule has 12 nitrogen and oxygen atoms in total. The van der Waals surface area contributed by atoms with Crippen LogP contribution in [-0.2, 0) is 23.6 Å². The third kappa shape index (κ3) is 8.06. The summed E-state index contributed by atoms with van der Waals surface area (Å²) < 4.78 is 93.9. The Morgan fingerprint density at radius 3 is 2.22 bits per heavy atom. The van der Waals surface area contributed by atoms with Gasteiger partial charge in [-0.25, -0.2) is 19.6 Å². The number of carboxylic acids is 1. The summed E-state index contributed by atoms with van der Waals surface area (Å²) in [6, 6.07) is 2.59. The van der Waals surface area contributed by atoms with Crippen LogP contribution in [0.3, 0.4) is 0 Å². The Balaban J connectivity index is 2.02. The Morgan fingerprint density at radius 1 is 1.04 bits per heavy atom. The predicted molar refractivity (Wildman–Crippen MR) is 164 cm³/mol. The van der Waals surface area contributed by atoms with Crippen molar-refractivity contribution in [1.29, 1.82) is 0 Å². The summed E-state index contributed by atoms with van der Waals surface area (Å²) in [4.78, 5) is 42.4. The predicted octanol–water partition coefficient (Wildman–Crippen LogP) is 5.94. The van der Waals surface area contributed by atoms with Crippen LogP contribution in [0.25, 0.3) is 0 Å². The van der Waals surface area contributed by atoms with E-state index >= 15 is 0 Å². The number of carboxylic acid groups (broad SMARTS) is 1. The fourth-order valence-corrected chi connectivity index (χ4v) is 5.58. The molecule has 18 heteroatoms. The molecule has 3 aromatic rings. The van der Waals surface area contributed by atoms with E-state index in [0.717, 1.165) is 6.20 Å².